The van der Waals surface area contributed by atoms with E-state index < -0.39 is 0 Å². The van der Waals surface area contributed by atoms with Crippen LogP contribution in [0.25, 0.3) is 11.0 Å². The van der Waals surface area contributed by atoms with Crippen LogP contribution < -0.4 is 0 Å². The number of carbonyl (C=O) groups excluding carboxylic acids is 1. The van der Waals surface area contributed by atoms with Gasteiger partial charge in [-0.3, -0.25) is 4.79 Å². The standard InChI is InChI=1S/C21H20N4O/c1-15(26)9-21-20(10-16-5-3-2-4-6-16)24-14-25(21)12-17-7-8-18-19(11-17)23-13-22-18/h2-8,11,13-14H,9-10,12H2,1H3,(H,22,23). The van der Waals surface area contributed by atoms with Crippen LogP contribution in [0.2, 0.25) is 0 Å². The molecule has 2 aromatic carbocycles. The van der Waals surface area contributed by atoms with Crippen molar-refractivity contribution in [2.45, 2.75) is 26.3 Å². The number of imidazole rings is 2. The molecule has 0 aliphatic rings. The molecule has 0 aliphatic heterocycles. The van der Waals surface area contributed by atoms with E-state index in [-0.39, 0.29) is 5.78 Å². The van der Waals surface area contributed by atoms with Crippen LogP contribution in [0.4, 0.5) is 0 Å². The average Bonchev–Trinajstić information content (AvgIpc) is 3.24. The third-order valence-corrected chi connectivity index (χ3v) is 4.50. The van der Waals surface area contributed by atoms with E-state index in [1.807, 2.05) is 30.6 Å². The predicted octanol–water partition coefficient (Wildman–Crippen LogP) is 3.53. The van der Waals surface area contributed by atoms with Gasteiger partial charge >= 0.3 is 0 Å². The molecule has 0 aliphatic carbocycles. The van der Waals surface area contributed by atoms with E-state index >= 15 is 0 Å². The van der Waals surface area contributed by atoms with Crippen molar-refractivity contribution in [3.05, 3.63) is 83.7 Å². The fourth-order valence-electron chi connectivity index (χ4n) is 3.24. The van der Waals surface area contributed by atoms with Crippen LogP contribution in [0, 0.1) is 0 Å². The molecule has 2 heterocycles. The number of hydrogen-bond donors (Lipinski definition) is 1. The van der Waals surface area contributed by atoms with Crippen molar-refractivity contribution in [2.24, 2.45) is 0 Å². The average molecular weight is 344 g/mol. The molecule has 26 heavy (non-hydrogen) atoms. The van der Waals surface area contributed by atoms with Crippen LogP contribution in [-0.4, -0.2) is 25.3 Å². The summed E-state index contributed by atoms with van der Waals surface area (Å²) in [6.45, 7) is 2.31. The molecule has 0 fully saturated rings. The summed E-state index contributed by atoms with van der Waals surface area (Å²) < 4.78 is 2.08. The second-order valence-electron chi connectivity index (χ2n) is 6.56. The van der Waals surface area contributed by atoms with E-state index in [1.165, 1.54) is 5.56 Å². The summed E-state index contributed by atoms with van der Waals surface area (Å²) in [5.74, 6) is 0.144. The number of aromatic amines is 1. The fraction of sp³-hybridized carbons (Fsp3) is 0.190. The van der Waals surface area contributed by atoms with Gasteiger partial charge in [-0.05, 0) is 30.2 Å². The molecule has 2 aromatic heterocycles. The highest BCUT2D eigenvalue weighted by Gasteiger charge is 2.14. The van der Waals surface area contributed by atoms with Crippen molar-refractivity contribution in [1.82, 2.24) is 19.5 Å². The van der Waals surface area contributed by atoms with Gasteiger partial charge in [0.05, 0.1) is 29.4 Å². The Labute approximate surface area is 151 Å². The molecule has 0 atom stereocenters. The molecule has 5 nitrogen and oxygen atoms in total. The molecule has 1 N–H and O–H groups in total. The number of fused-ring (bicyclic) bond motifs is 1. The third kappa shape index (κ3) is 3.42. The summed E-state index contributed by atoms with van der Waals surface area (Å²) in [7, 11) is 0. The molecule has 0 unspecified atom stereocenters. The lowest BCUT2D eigenvalue weighted by atomic mass is 10.1. The molecule has 4 rings (SSSR count). The minimum atomic E-state index is 0.144. The lowest BCUT2D eigenvalue weighted by molar-refractivity contribution is -0.116. The Hall–Kier alpha value is -3.21. The van der Waals surface area contributed by atoms with Crippen molar-refractivity contribution < 1.29 is 4.79 Å². The molecule has 130 valence electrons. The second kappa shape index (κ2) is 6.96. The summed E-state index contributed by atoms with van der Waals surface area (Å²) in [5, 5.41) is 0. The van der Waals surface area contributed by atoms with Gasteiger partial charge in [0.15, 0.2) is 0 Å². The largest absolute Gasteiger partial charge is 0.345 e. The van der Waals surface area contributed by atoms with E-state index in [4.69, 9.17) is 0 Å². The highest BCUT2D eigenvalue weighted by atomic mass is 16.1. The van der Waals surface area contributed by atoms with Crippen LogP contribution in [0.1, 0.15) is 29.4 Å². The third-order valence-electron chi connectivity index (χ3n) is 4.50. The summed E-state index contributed by atoms with van der Waals surface area (Å²) >= 11 is 0. The van der Waals surface area contributed by atoms with Gasteiger partial charge in [0, 0.05) is 25.1 Å². The zero-order chi connectivity index (χ0) is 17.9. The van der Waals surface area contributed by atoms with Crippen LogP contribution >= 0.6 is 0 Å². The number of nitrogens with one attached hydrogen (secondary N) is 1. The number of H-pyrrole nitrogens is 1. The van der Waals surface area contributed by atoms with Gasteiger partial charge in [0.2, 0.25) is 0 Å². The molecule has 0 saturated heterocycles. The normalized spacial score (nSPS) is 11.1. The van der Waals surface area contributed by atoms with E-state index in [0.717, 1.165) is 34.4 Å². The number of rotatable bonds is 6. The summed E-state index contributed by atoms with van der Waals surface area (Å²) in [6, 6.07) is 16.4. The van der Waals surface area contributed by atoms with Gasteiger partial charge in [-0.1, -0.05) is 36.4 Å². The Morgan fingerprint density at radius 1 is 1.08 bits per heavy atom. The quantitative estimate of drug-likeness (QED) is 0.582. The minimum absolute atomic E-state index is 0.144. The van der Waals surface area contributed by atoms with Crippen LogP contribution in [-0.2, 0) is 24.2 Å². The first-order chi connectivity index (χ1) is 12.7. The molecular formula is C21H20N4O. The Morgan fingerprint density at radius 2 is 1.92 bits per heavy atom. The Kier molecular flexibility index (Phi) is 4.35. The number of aromatic nitrogens is 4. The van der Waals surface area contributed by atoms with Gasteiger partial charge in [-0.15, -0.1) is 0 Å². The minimum Gasteiger partial charge on any atom is -0.345 e. The number of Topliss-reactive ketones (excluding diaryl/α,β-unsaturated/α-hetero) is 1. The Balaban J connectivity index is 1.65. The number of nitrogens with zero attached hydrogens (tertiary/aromatic N) is 3. The number of carbonyl (C=O) groups is 1. The van der Waals surface area contributed by atoms with Crippen molar-refractivity contribution >= 4 is 16.8 Å². The molecule has 0 amide bonds. The van der Waals surface area contributed by atoms with Gasteiger partial charge in [0.25, 0.3) is 0 Å². The number of ketones is 1. The first-order valence-corrected chi connectivity index (χ1v) is 8.67. The van der Waals surface area contributed by atoms with Gasteiger partial charge in [-0.2, -0.15) is 0 Å². The van der Waals surface area contributed by atoms with E-state index in [2.05, 4.69) is 43.8 Å². The first-order valence-electron chi connectivity index (χ1n) is 8.67. The van der Waals surface area contributed by atoms with Crippen molar-refractivity contribution in [3.63, 3.8) is 0 Å². The predicted molar refractivity (Wildman–Crippen MR) is 101 cm³/mol. The molecule has 5 heteroatoms. The van der Waals surface area contributed by atoms with Crippen LogP contribution in [0.5, 0.6) is 0 Å². The van der Waals surface area contributed by atoms with Crippen molar-refractivity contribution in [1.29, 1.82) is 0 Å². The summed E-state index contributed by atoms with van der Waals surface area (Å²) in [4.78, 5) is 23.8. The first kappa shape index (κ1) is 16.3. The number of hydrogen-bond acceptors (Lipinski definition) is 3. The zero-order valence-corrected chi connectivity index (χ0v) is 14.6. The van der Waals surface area contributed by atoms with E-state index in [9.17, 15) is 4.79 Å². The SMILES string of the molecule is CC(=O)Cc1c(Cc2ccccc2)ncn1Cc1ccc2nc[nH]c2c1. The van der Waals surface area contributed by atoms with Gasteiger partial charge < -0.3 is 9.55 Å². The van der Waals surface area contributed by atoms with Crippen LogP contribution in [0.3, 0.4) is 0 Å². The lowest BCUT2D eigenvalue weighted by Crippen LogP contribution is -2.09. The van der Waals surface area contributed by atoms with E-state index in [0.29, 0.717) is 13.0 Å². The molecule has 0 bridgehead atoms. The highest BCUT2D eigenvalue weighted by molar-refractivity contribution is 5.78. The summed E-state index contributed by atoms with van der Waals surface area (Å²) in [6.07, 6.45) is 4.67. The van der Waals surface area contributed by atoms with Crippen LogP contribution in [0.15, 0.2) is 61.2 Å². The smallest absolute Gasteiger partial charge is 0.135 e. The number of benzene rings is 2. The van der Waals surface area contributed by atoms with Crippen molar-refractivity contribution in [3.8, 4) is 0 Å². The monoisotopic (exact) mass is 344 g/mol. The zero-order valence-electron chi connectivity index (χ0n) is 14.6. The maximum absolute atomic E-state index is 11.8. The highest BCUT2D eigenvalue weighted by Crippen LogP contribution is 2.18. The maximum atomic E-state index is 11.8. The molecule has 0 radical (unpaired) electrons. The molecule has 0 spiro atoms. The fourth-order valence-corrected chi connectivity index (χ4v) is 3.24. The van der Waals surface area contributed by atoms with Gasteiger partial charge in [-0.25, -0.2) is 9.97 Å². The molecule has 4 aromatic rings. The second-order valence-corrected chi connectivity index (χ2v) is 6.56. The molecular weight excluding hydrogens is 324 g/mol. The topological polar surface area (TPSA) is 63.6 Å². The Bertz CT molecular complexity index is 1050. The Morgan fingerprint density at radius 3 is 2.73 bits per heavy atom. The molecule has 0 saturated carbocycles. The lowest BCUT2D eigenvalue weighted by Gasteiger charge is -2.10. The van der Waals surface area contributed by atoms with E-state index in [1.54, 1.807) is 13.3 Å². The van der Waals surface area contributed by atoms with Gasteiger partial charge in [0.1, 0.15) is 5.78 Å². The summed E-state index contributed by atoms with van der Waals surface area (Å²) in [5.41, 5.74) is 6.27. The van der Waals surface area contributed by atoms with Crippen molar-refractivity contribution in [2.75, 3.05) is 0 Å². The maximum Gasteiger partial charge on any atom is 0.135 e.